The second kappa shape index (κ2) is 11.1. The van der Waals surface area contributed by atoms with Crippen molar-refractivity contribution < 1.29 is 0 Å². The zero-order chi connectivity index (χ0) is 34.6. The summed E-state index contributed by atoms with van der Waals surface area (Å²) in [5.74, 6) is 0.766. The highest BCUT2D eigenvalue weighted by Gasteiger charge is 2.46. The normalized spacial score (nSPS) is 16.2. The van der Waals surface area contributed by atoms with E-state index < -0.39 is 0 Å². The van der Waals surface area contributed by atoms with E-state index in [0.29, 0.717) is 0 Å². The molecule has 0 unspecified atom stereocenters. The van der Waals surface area contributed by atoms with Gasteiger partial charge in [-0.1, -0.05) is 142 Å². The first-order valence-electron chi connectivity index (χ1n) is 18.8. The molecule has 0 aliphatic heterocycles. The second-order valence-corrected chi connectivity index (χ2v) is 16.7. The lowest BCUT2D eigenvalue weighted by Crippen LogP contribution is -2.28. The van der Waals surface area contributed by atoms with Crippen molar-refractivity contribution >= 4 is 31.6 Å². The summed E-state index contributed by atoms with van der Waals surface area (Å²) in [6.45, 7) is 4.81. The molecule has 0 atom stereocenters. The molecule has 3 heteroatoms. The topological polar surface area (TPSA) is 25.8 Å². The fourth-order valence-electron chi connectivity index (χ4n) is 9.89. The van der Waals surface area contributed by atoms with Crippen molar-refractivity contribution in [1.82, 2.24) is 9.97 Å². The largest absolute Gasteiger partial charge is 0.226 e. The lowest BCUT2D eigenvalue weighted by molar-refractivity contribution is 0.353. The predicted octanol–water partition coefficient (Wildman–Crippen LogP) is 13.4. The lowest BCUT2D eigenvalue weighted by atomic mass is 9.67. The molecular formula is C49H38N2S. The minimum Gasteiger partial charge on any atom is -0.226 e. The van der Waals surface area contributed by atoms with Crippen LogP contribution in [-0.4, -0.2) is 9.97 Å². The molecular weight excluding hydrogens is 649 g/mol. The van der Waals surface area contributed by atoms with Crippen LogP contribution in [0.15, 0.2) is 133 Å². The Morgan fingerprint density at radius 2 is 1.17 bits per heavy atom. The third kappa shape index (κ3) is 4.23. The molecule has 1 spiro atoms. The fraction of sp³-hybridized carbons (Fsp3) is 0.184. The van der Waals surface area contributed by atoms with Gasteiger partial charge in [0.2, 0.25) is 0 Å². The van der Waals surface area contributed by atoms with E-state index in [9.17, 15) is 0 Å². The smallest absolute Gasteiger partial charge is 0.160 e. The predicted molar refractivity (Wildman–Crippen MR) is 218 cm³/mol. The SMILES string of the molecule is CC1(C)c2ccccc2-c2cc3c(cc21)-c1cc(-c2ccc(-c4nc(-c5ccccc5)nc5c4sc4ccccc45)cc2)ccc1C31CCCCC1. The zero-order valence-corrected chi connectivity index (χ0v) is 30.4. The first-order valence-corrected chi connectivity index (χ1v) is 19.6. The molecule has 8 aromatic rings. The number of aromatic nitrogens is 2. The standard InChI is InChI=1S/C49H38N2S/c1-48(2)39-17-9-7-15-34(39)37-29-42-38(28-41(37)48)36-27-33(23-24-40(36)49(42)25-11-4-12-26-49)30-19-21-31(22-20-30)44-46-45(35-16-8-10-18-43(35)52-46)51-47(50-44)32-13-5-3-6-14-32/h3,5-10,13-24,27-29H,4,11-12,25-26H2,1-2H3. The molecule has 0 amide bonds. The van der Waals surface area contributed by atoms with E-state index in [-0.39, 0.29) is 10.8 Å². The van der Waals surface area contributed by atoms with Gasteiger partial charge in [0.25, 0.3) is 0 Å². The highest BCUT2D eigenvalue weighted by Crippen LogP contribution is 2.60. The van der Waals surface area contributed by atoms with E-state index >= 15 is 0 Å². The number of hydrogen-bond acceptors (Lipinski definition) is 3. The number of thiophene rings is 1. The fourth-order valence-corrected chi connectivity index (χ4v) is 11.0. The maximum Gasteiger partial charge on any atom is 0.160 e. The van der Waals surface area contributed by atoms with Crippen molar-refractivity contribution in [3.8, 4) is 56.0 Å². The van der Waals surface area contributed by atoms with E-state index in [0.717, 1.165) is 32.9 Å². The summed E-state index contributed by atoms with van der Waals surface area (Å²) in [5, 5.41) is 1.19. The average Bonchev–Trinajstić information content (AvgIpc) is 3.78. The van der Waals surface area contributed by atoms with E-state index in [1.165, 1.54) is 86.7 Å². The first-order chi connectivity index (χ1) is 25.5. The summed E-state index contributed by atoms with van der Waals surface area (Å²) < 4.78 is 2.38. The molecule has 2 aromatic heterocycles. The van der Waals surface area contributed by atoms with E-state index in [4.69, 9.17) is 9.97 Å². The highest BCUT2D eigenvalue weighted by molar-refractivity contribution is 7.26. The van der Waals surface area contributed by atoms with Crippen LogP contribution in [0.4, 0.5) is 0 Å². The molecule has 11 rings (SSSR count). The zero-order valence-electron chi connectivity index (χ0n) is 29.5. The van der Waals surface area contributed by atoms with Crippen molar-refractivity contribution in [3.05, 3.63) is 156 Å². The summed E-state index contributed by atoms with van der Waals surface area (Å²) in [5.41, 5.74) is 18.5. The van der Waals surface area contributed by atoms with Gasteiger partial charge in [0.1, 0.15) is 0 Å². The van der Waals surface area contributed by atoms with Crippen LogP contribution in [0.5, 0.6) is 0 Å². The highest BCUT2D eigenvalue weighted by atomic mass is 32.1. The van der Waals surface area contributed by atoms with Crippen LogP contribution in [0, 0.1) is 0 Å². The Hall–Kier alpha value is -5.38. The van der Waals surface area contributed by atoms with E-state index in [2.05, 4.69) is 141 Å². The van der Waals surface area contributed by atoms with Crippen LogP contribution < -0.4 is 0 Å². The minimum absolute atomic E-state index is 0.0158. The molecule has 52 heavy (non-hydrogen) atoms. The van der Waals surface area contributed by atoms with Gasteiger partial charge in [-0.3, -0.25) is 0 Å². The molecule has 250 valence electrons. The minimum atomic E-state index is -0.0158. The third-order valence-electron chi connectivity index (χ3n) is 12.5. The maximum atomic E-state index is 5.21. The van der Waals surface area contributed by atoms with Gasteiger partial charge in [-0.25, -0.2) is 9.97 Å². The van der Waals surface area contributed by atoms with Gasteiger partial charge in [0, 0.05) is 32.0 Å². The molecule has 3 aliphatic rings. The summed E-state index contributed by atoms with van der Waals surface area (Å²) in [7, 11) is 0. The van der Waals surface area contributed by atoms with Gasteiger partial charge in [0.15, 0.2) is 5.82 Å². The van der Waals surface area contributed by atoms with Crippen LogP contribution in [0.2, 0.25) is 0 Å². The molecule has 0 saturated heterocycles. The molecule has 6 aromatic carbocycles. The van der Waals surface area contributed by atoms with Crippen LogP contribution in [0.1, 0.15) is 68.2 Å². The van der Waals surface area contributed by atoms with Crippen LogP contribution in [0.3, 0.4) is 0 Å². The molecule has 1 saturated carbocycles. The van der Waals surface area contributed by atoms with Crippen molar-refractivity contribution in [2.45, 2.75) is 56.8 Å². The summed E-state index contributed by atoms with van der Waals surface area (Å²) >= 11 is 1.78. The van der Waals surface area contributed by atoms with Gasteiger partial charge in [-0.05, 0) is 92.7 Å². The monoisotopic (exact) mass is 686 g/mol. The molecule has 3 aliphatic carbocycles. The van der Waals surface area contributed by atoms with Crippen LogP contribution >= 0.6 is 11.3 Å². The molecule has 2 nitrogen and oxygen atoms in total. The Morgan fingerprint density at radius 3 is 2.02 bits per heavy atom. The molecule has 2 heterocycles. The molecule has 0 N–H and O–H groups in total. The number of hydrogen-bond donors (Lipinski definition) is 0. The van der Waals surface area contributed by atoms with Gasteiger partial charge in [-0.2, -0.15) is 0 Å². The van der Waals surface area contributed by atoms with E-state index in [1.807, 2.05) is 6.07 Å². The quantitative estimate of drug-likeness (QED) is 0.185. The van der Waals surface area contributed by atoms with Crippen molar-refractivity contribution in [2.75, 3.05) is 0 Å². The molecule has 0 bridgehead atoms. The van der Waals surface area contributed by atoms with E-state index in [1.54, 1.807) is 22.5 Å². The Kier molecular flexibility index (Phi) is 6.44. The van der Waals surface area contributed by atoms with Gasteiger partial charge in [-0.15, -0.1) is 11.3 Å². The first kappa shape index (κ1) is 30.3. The lowest BCUT2D eigenvalue weighted by Gasteiger charge is -2.36. The molecule has 1 fully saturated rings. The Morgan fingerprint density at radius 1 is 0.500 bits per heavy atom. The maximum absolute atomic E-state index is 5.21. The number of fused-ring (bicyclic) bond motifs is 11. The number of nitrogens with zero attached hydrogens (tertiary/aromatic N) is 2. The number of rotatable bonds is 3. The van der Waals surface area contributed by atoms with Crippen molar-refractivity contribution in [1.29, 1.82) is 0 Å². The van der Waals surface area contributed by atoms with Gasteiger partial charge in [0.05, 0.1) is 15.9 Å². The molecule has 0 radical (unpaired) electrons. The summed E-state index contributed by atoms with van der Waals surface area (Å²) in [6, 6.07) is 49.6. The second-order valence-electron chi connectivity index (χ2n) is 15.6. The Balaban J connectivity index is 1.04. The number of benzene rings is 6. The third-order valence-corrected chi connectivity index (χ3v) is 13.7. The summed E-state index contributed by atoms with van der Waals surface area (Å²) in [4.78, 5) is 10.3. The Bertz CT molecular complexity index is 2730. The average molecular weight is 687 g/mol. The van der Waals surface area contributed by atoms with Crippen LogP contribution in [-0.2, 0) is 10.8 Å². The Labute approximate surface area is 308 Å². The van der Waals surface area contributed by atoms with Crippen LogP contribution in [0.25, 0.3) is 76.3 Å². The van der Waals surface area contributed by atoms with Gasteiger partial charge < -0.3 is 0 Å². The van der Waals surface area contributed by atoms with Crippen molar-refractivity contribution in [2.24, 2.45) is 0 Å². The van der Waals surface area contributed by atoms with Gasteiger partial charge >= 0.3 is 0 Å². The summed E-state index contributed by atoms with van der Waals surface area (Å²) in [6.07, 6.45) is 6.40. The van der Waals surface area contributed by atoms with Crippen molar-refractivity contribution in [3.63, 3.8) is 0 Å².